The van der Waals surface area contributed by atoms with Gasteiger partial charge in [-0.15, -0.1) is 10.2 Å². The monoisotopic (exact) mass is 496 g/mol. The van der Waals surface area contributed by atoms with Crippen LogP contribution in [0.4, 0.5) is 20.2 Å². The number of nitrogens with one attached hydrogen (secondary N) is 1. The van der Waals surface area contributed by atoms with E-state index in [0.717, 1.165) is 4.57 Å². The van der Waals surface area contributed by atoms with Crippen LogP contribution in [-0.2, 0) is 14.1 Å². The number of rotatable bonds is 1. The average molecular weight is 497 g/mol. The van der Waals surface area contributed by atoms with Crippen LogP contribution in [0.15, 0.2) is 63.1 Å². The lowest BCUT2D eigenvalue weighted by Crippen LogP contribution is -2.20. The molecule has 4 aromatic rings. The van der Waals surface area contributed by atoms with Crippen LogP contribution in [0.5, 0.6) is 0 Å². The summed E-state index contributed by atoms with van der Waals surface area (Å²) in [5, 5.41) is 6.92. The summed E-state index contributed by atoms with van der Waals surface area (Å²) in [6, 6.07) is 6.27. The van der Waals surface area contributed by atoms with E-state index in [1.807, 2.05) is 0 Å². The lowest BCUT2D eigenvalue weighted by molar-refractivity contribution is 0.548. The van der Waals surface area contributed by atoms with Crippen LogP contribution in [0.3, 0.4) is 0 Å². The molecular weight excluding hydrogens is 478 g/mol. The van der Waals surface area contributed by atoms with Crippen LogP contribution in [0.1, 0.15) is 0 Å². The van der Waals surface area contributed by atoms with Gasteiger partial charge in [0.15, 0.2) is 0 Å². The van der Waals surface area contributed by atoms with Gasteiger partial charge in [-0.1, -0.05) is 0 Å². The van der Waals surface area contributed by atoms with E-state index in [2.05, 4.69) is 31.1 Å². The first-order chi connectivity index (χ1) is 14.6. The molecule has 4 heterocycles. The molecule has 0 fully saturated rings. The predicted molar refractivity (Wildman–Crippen MR) is 116 cm³/mol. The molecule has 0 aliphatic heterocycles. The lowest BCUT2D eigenvalue weighted by atomic mass is 10.4. The van der Waals surface area contributed by atoms with Crippen molar-refractivity contribution < 1.29 is 8.78 Å². The highest BCUT2D eigenvalue weighted by Gasteiger charge is 2.10. The zero-order chi connectivity index (χ0) is 23.1. The summed E-state index contributed by atoms with van der Waals surface area (Å²) >= 11 is 2.96. The molecule has 0 atom stereocenters. The Balaban J connectivity index is 0.000000181. The molecule has 31 heavy (non-hydrogen) atoms. The molecule has 0 amide bonds. The van der Waals surface area contributed by atoms with Crippen molar-refractivity contribution in [3.05, 3.63) is 86.1 Å². The number of hydrogen-bond donors (Lipinski definition) is 3. The number of aromatic amines is 1. The van der Waals surface area contributed by atoms with Gasteiger partial charge in [-0.3, -0.25) is 23.5 Å². The Hall–Kier alpha value is -3.74. The number of pyridine rings is 2. The smallest absolute Gasteiger partial charge is 0.278 e. The summed E-state index contributed by atoms with van der Waals surface area (Å²) in [6.07, 6.45) is 5.95. The molecule has 0 spiro atoms. The van der Waals surface area contributed by atoms with E-state index in [1.54, 1.807) is 44.7 Å². The Labute approximate surface area is 182 Å². The van der Waals surface area contributed by atoms with Crippen LogP contribution in [0.25, 0.3) is 5.69 Å². The predicted octanol–water partition coefficient (Wildman–Crippen LogP) is 1.57. The maximum atomic E-state index is 13.3. The minimum Gasteiger partial charge on any atom is -0.394 e. The molecule has 4 aromatic heterocycles. The van der Waals surface area contributed by atoms with Crippen molar-refractivity contribution in [2.45, 2.75) is 0 Å². The number of aryl methyl sites for hydroxylation is 2. The summed E-state index contributed by atoms with van der Waals surface area (Å²) in [5.41, 5.74) is 10.3. The van der Waals surface area contributed by atoms with Gasteiger partial charge in [-0.2, -0.15) is 8.78 Å². The van der Waals surface area contributed by atoms with Crippen molar-refractivity contribution in [2.75, 3.05) is 11.5 Å². The van der Waals surface area contributed by atoms with Crippen molar-refractivity contribution in [2.24, 2.45) is 14.1 Å². The number of nitrogens with two attached hydrogens (primary N) is 2. The SMILES string of the molecule is Cn1cc(-n2cccc(N)c2=O)c(F)n1.Cn1cc(Br)c(F)n1.Nc1ccc[nH]c1=O. The van der Waals surface area contributed by atoms with Gasteiger partial charge in [0.05, 0.1) is 22.0 Å². The number of nitrogen functional groups attached to an aromatic ring is 2. The quantitative estimate of drug-likeness (QED) is 0.365. The molecule has 0 aliphatic carbocycles. The molecule has 0 aromatic carbocycles. The van der Waals surface area contributed by atoms with E-state index in [4.69, 9.17) is 11.5 Å². The molecular formula is C18H19BrF2N8O2. The fourth-order valence-electron chi connectivity index (χ4n) is 2.18. The molecule has 13 heteroatoms. The van der Waals surface area contributed by atoms with Crippen LogP contribution < -0.4 is 22.6 Å². The van der Waals surface area contributed by atoms with Crippen molar-refractivity contribution in [1.29, 1.82) is 0 Å². The highest BCUT2D eigenvalue weighted by Crippen LogP contribution is 2.11. The van der Waals surface area contributed by atoms with Crippen molar-refractivity contribution in [3.8, 4) is 5.69 Å². The first kappa shape index (κ1) is 23.5. The molecule has 0 radical (unpaired) electrons. The highest BCUT2D eigenvalue weighted by molar-refractivity contribution is 9.10. The summed E-state index contributed by atoms with van der Waals surface area (Å²) in [4.78, 5) is 24.4. The zero-order valence-corrected chi connectivity index (χ0v) is 18.0. The molecule has 0 saturated heterocycles. The second-order valence-corrected chi connectivity index (χ2v) is 6.87. The van der Waals surface area contributed by atoms with Crippen LogP contribution in [0.2, 0.25) is 0 Å². The van der Waals surface area contributed by atoms with E-state index in [0.29, 0.717) is 4.47 Å². The molecule has 0 saturated carbocycles. The Morgan fingerprint density at radius 3 is 2.00 bits per heavy atom. The Morgan fingerprint density at radius 1 is 0.968 bits per heavy atom. The second kappa shape index (κ2) is 10.3. The van der Waals surface area contributed by atoms with Gasteiger partial charge in [0.2, 0.25) is 5.95 Å². The number of hydrogen-bond acceptors (Lipinski definition) is 6. The minimum absolute atomic E-state index is 0.0701. The first-order valence-corrected chi connectivity index (χ1v) is 9.34. The molecule has 10 nitrogen and oxygen atoms in total. The number of H-pyrrole nitrogens is 1. The third-order valence-corrected chi connectivity index (χ3v) is 4.13. The fraction of sp³-hybridized carbons (Fsp3) is 0.111. The van der Waals surface area contributed by atoms with Crippen molar-refractivity contribution in [3.63, 3.8) is 0 Å². The van der Waals surface area contributed by atoms with E-state index in [9.17, 15) is 18.4 Å². The fourth-order valence-corrected chi connectivity index (χ4v) is 2.55. The standard InChI is InChI=1S/C9H9FN4O.C5H6N2O.C4H4BrFN2/c1-13-5-7(8(10)12-13)14-4-2-3-6(11)9(14)15;6-4-2-1-3-7-5(4)8;1-8-2-3(5)4(6)7-8/h2-5H,11H2,1H3;1-3H,6H2,(H,7,8);2H,1H3. The minimum atomic E-state index is -0.704. The van der Waals surface area contributed by atoms with E-state index in [-0.39, 0.29) is 22.6 Å². The zero-order valence-electron chi connectivity index (χ0n) is 16.5. The molecule has 5 N–H and O–H groups in total. The average Bonchev–Trinajstić information content (AvgIpc) is 3.20. The van der Waals surface area contributed by atoms with Crippen LogP contribution in [-0.4, -0.2) is 29.1 Å². The summed E-state index contributed by atoms with van der Waals surface area (Å²) in [5.74, 6) is -1.17. The third kappa shape index (κ3) is 6.37. The highest BCUT2D eigenvalue weighted by atomic mass is 79.9. The number of anilines is 2. The lowest BCUT2D eigenvalue weighted by Gasteiger charge is -2.02. The number of aromatic nitrogens is 6. The van der Waals surface area contributed by atoms with E-state index in [1.165, 1.54) is 27.8 Å². The van der Waals surface area contributed by atoms with Gasteiger partial charge >= 0.3 is 0 Å². The number of halogens is 3. The summed E-state index contributed by atoms with van der Waals surface area (Å²) < 4.78 is 29.7. The van der Waals surface area contributed by atoms with Gasteiger partial charge < -0.3 is 16.5 Å². The normalized spacial score (nSPS) is 9.97. The van der Waals surface area contributed by atoms with Gasteiger partial charge in [-0.05, 0) is 40.2 Å². The molecule has 4 rings (SSSR count). The maximum Gasteiger partial charge on any atom is 0.278 e. The van der Waals surface area contributed by atoms with Crippen molar-refractivity contribution >= 4 is 27.3 Å². The van der Waals surface area contributed by atoms with E-state index < -0.39 is 17.5 Å². The van der Waals surface area contributed by atoms with Gasteiger partial charge in [-0.25, -0.2) is 0 Å². The Bertz CT molecular complexity index is 1260. The molecule has 0 unspecified atom stereocenters. The summed E-state index contributed by atoms with van der Waals surface area (Å²) in [6.45, 7) is 0. The second-order valence-electron chi connectivity index (χ2n) is 6.01. The largest absolute Gasteiger partial charge is 0.394 e. The molecule has 0 bridgehead atoms. The topological polar surface area (TPSA) is 143 Å². The molecule has 0 aliphatic rings. The molecule has 164 valence electrons. The first-order valence-electron chi connectivity index (χ1n) is 8.54. The van der Waals surface area contributed by atoms with Gasteiger partial charge in [0, 0.05) is 32.7 Å². The third-order valence-electron chi connectivity index (χ3n) is 3.59. The van der Waals surface area contributed by atoms with Crippen LogP contribution in [0, 0.1) is 11.9 Å². The van der Waals surface area contributed by atoms with Crippen LogP contribution >= 0.6 is 15.9 Å². The summed E-state index contributed by atoms with van der Waals surface area (Å²) in [7, 11) is 3.23. The maximum absolute atomic E-state index is 13.3. The number of nitrogens with zero attached hydrogens (tertiary/aromatic N) is 5. The Kier molecular flexibility index (Phi) is 7.85. The van der Waals surface area contributed by atoms with Gasteiger partial charge in [0.1, 0.15) is 5.69 Å². The van der Waals surface area contributed by atoms with Crippen molar-refractivity contribution in [1.82, 2.24) is 29.1 Å². The Morgan fingerprint density at radius 2 is 1.58 bits per heavy atom. The van der Waals surface area contributed by atoms with E-state index >= 15 is 0 Å². The van der Waals surface area contributed by atoms with Gasteiger partial charge in [0.25, 0.3) is 17.1 Å².